The number of allylic oxidation sites excluding steroid dienone is 6. The Morgan fingerprint density at radius 2 is 1.47 bits per heavy atom. The number of nitrogens with zero attached hydrogens (tertiary/aromatic N) is 2. The van der Waals surface area contributed by atoms with E-state index in [2.05, 4.69) is 22.9 Å². The van der Waals surface area contributed by atoms with Gasteiger partial charge in [0.1, 0.15) is 5.78 Å². The Morgan fingerprint density at radius 3 is 2.12 bits per heavy atom. The molecule has 2 fully saturated rings. The monoisotopic (exact) mass is 700 g/mol. The lowest BCUT2D eigenvalue weighted by Gasteiger charge is -2.59. The summed E-state index contributed by atoms with van der Waals surface area (Å²) in [6, 6.07) is 3.45. The number of carbonyl (C=O) groups excluding carboxylic acids is 4. The van der Waals surface area contributed by atoms with Gasteiger partial charge in [-0.1, -0.05) is 25.6 Å². The van der Waals surface area contributed by atoms with Crippen molar-refractivity contribution in [3.63, 3.8) is 0 Å². The fourth-order valence-electron chi connectivity index (χ4n) is 10.3. The molecule has 0 aromatic heterocycles. The maximum Gasteiger partial charge on any atom is 0.220 e. The third kappa shape index (κ3) is 5.30. The summed E-state index contributed by atoms with van der Waals surface area (Å²) in [5.74, 6) is -0.422. The minimum Gasteiger partial charge on any atom is -0.504 e. The maximum absolute atomic E-state index is 12.7. The third-order valence-electron chi connectivity index (χ3n) is 12.5. The zero-order valence-electron chi connectivity index (χ0n) is 29.1. The van der Waals surface area contributed by atoms with Crippen LogP contribution in [0, 0.1) is 17.3 Å². The van der Waals surface area contributed by atoms with E-state index in [9.17, 15) is 34.5 Å². The van der Waals surface area contributed by atoms with Gasteiger partial charge in [0.25, 0.3) is 0 Å². The zero-order chi connectivity index (χ0) is 35.9. The Kier molecular flexibility index (Phi) is 9.21. The quantitative estimate of drug-likeness (QED) is 0.379. The van der Waals surface area contributed by atoms with Gasteiger partial charge in [0.2, 0.25) is 5.78 Å². The number of ether oxygens (including phenoxy) is 2. The second kappa shape index (κ2) is 12.9. The number of Topliss-reactive ketones (excluding diaryl/α,β-unsaturated/α-hetero) is 3. The molecule has 51 heavy (non-hydrogen) atoms. The minimum atomic E-state index is -0.582. The van der Waals surface area contributed by atoms with Crippen molar-refractivity contribution in [2.75, 3.05) is 41.4 Å². The number of aliphatic hydroxyl groups is 1. The molecule has 2 heterocycles. The molecule has 5 aliphatic carbocycles. The number of aromatic hydroxyl groups is 2. The van der Waals surface area contributed by atoms with Crippen LogP contribution in [0.25, 0.3) is 0 Å². The highest BCUT2D eigenvalue weighted by Gasteiger charge is 2.60. The van der Waals surface area contributed by atoms with E-state index in [-0.39, 0.29) is 90.5 Å². The van der Waals surface area contributed by atoms with Gasteiger partial charge in [-0.05, 0) is 82.4 Å². The van der Waals surface area contributed by atoms with E-state index < -0.39 is 10.8 Å². The van der Waals surface area contributed by atoms with Crippen molar-refractivity contribution < 1.29 is 44.0 Å². The van der Waals surface area contributed by atoms with Crippen LogP contribution in [0.2, 0.25) is 0 Å². The van der Waals surface area contributed by atoms with Gasteiger partial charge in [0.05, 0.1) is 14.2 Å². The summed E-state index contributed by atoms with van der Waals surface area (Å²) in [4.78, 5) is 53.8. The highest BCUT2D eigenvalue weighted by molar-refractivity contribution is 6.06. The van der Waals surface area contributed by atoms with Gasteiger partial charge in [-0.15, -0.1) is 0 Å². The lowest BCUT2D eigenvalue weighted by molar-refractivity contribution is -0.124. The number of likely N-dealkylation sites (N-methyl/N-ethyl adjacent to an activating group) is 2. The molecule has 11 nitrogen and oxygen atoms in total. The Balaban J connectivity index is 0.000000174. The van der Waals surface area contributed by atoms with Gasteiger partial charge in [-0.3, -0.25) is 19.3 Å². The van der Waals surface area contributed by atoms with E-state index in [1.807, 2.05) is 25.3 Å². The molecule has 2 unspecified atom stereocenters. The smallest absolute Gasteiger partial charge is 0.220 e. The molecule has 0 spiro atoms. The van der Waals surface area contributed by atoms with E-state index in [0.717, 1.165) is 30.6 Å². The number of benzene rings is 1. The lowest BCUT2D eigenvalue weighted by Crippen LogP contribution is -2.61. The molecule has 3 N–H and O–H groups in total. The number of rotatable bonds is 4. The predicted octanol–water partition coefficient (Wildman–Crippen LogP) is 4.56. The summed E-state index contributed by atoms with van der Waals surface area (Å²) in [6.07, 6.45) is 11.3. The summed E-state index contributed by atoms with van der Waals surface area (Å²) in [5, 5.41) is 31.5. The SMILES string of the molecule is C.COC1=CC2[C@@H]3C=C4C=CC(=O)C(O)=C4[C@]2(CCN3C)CC1=O.COC1=CC2[C@@H]3[C@H](CC(C)=O)c4ccc(O)c(O)c4[C@]2(CCN3C)CC1=O. The van der Waals surface area contributed by atoms with E-state index in [1.54, 1.807) is 13.0 Å². The van der Waals surface area contributed by atoms with Crippen molar-refractivity contribution in [3.8, 4) is 11.5 Å². The third-order valence-corrected chi connectivity index (χ3v) is 12.5. The molecule has 0 radical (unpaired) electrons. The Morgan fingerprint density at radius 1 is 0.863 bits per heavy atom. The number of aliphatic hydroxyl groups excluding tert-OH is 1. The number of hydrogen-bond acceptors (Lipinski definition) is 11. The molecule has 0 saturated carbocycles. The highest BCUT2D eigenvalue weighted by atomic mass is 16.5. The van der Waals surface area contributed by atoms with Crippen LogP contribution in [-0.2, 0) is 34.1 Å². The molecule has 7 atom stereocenters. The van der Waals surface area contributed by atoms with E-state index in [4.69, 9.17) is 9.47 Å². The number of hydrogen-bond donors (Lipinski definition) is 3. The van der Waals surface area contributed by atoms with Crippen LogP contribution in [0.3, 0.4) is 0 Å². The summed E-state index contributed by atoms with van der Waals surface area (Å²) in [5.41, 5.74) is 1.95. The minimum absolute atomic E-state index is 0. The molecular formula is C40H48N2O9. The molecule has 0 amide bonds. The van der Waals surface area contributed by atoms with Gasteiger partial charge in [-0.25, -0.2) is 0 Å². The molecule has 2 saturated heterocycles. The van der Waals surface area contributed by atoms with Crippen molar-refractivity contribution in [1.29, 1.82) is 0 Å². The normalized spacial score (nSPS) is 33.5. The first-order valence-corrected chi connectivity index (χ1v) is 17.2. The van der Waals surface area contributed by atoms with Gasteiger partial charge in [0, 0.05) is 71.1 Å². The van der Waals surface area contributed by atoms with E-state index in [0.29, 0.717) is 35.5 Å². The van der Waals surface area contributed by atoms with Crippen LogP contribution in [-0.4, -0.2) is 102 Å². The number of ketones is 4. The predicted molar refractivity (Wildman–Crippen MR) is 189 cm³/mol. The average molecular weight is 701 g/mol. The first-order valence-electron chi connectivity index (χ1n) is 17.2. The largest absolute Gasteiger partial charge is 0.504 e. The molecule has 7 aliphatic rings. The van der Waals surface area contributed by atoms with Crippen LogP contribution in [0.1, 0.15) is 63.5 Å². The van der Waals surface area contributed by atoms with Crippen LogP contribution < -0.4 is 0 Å². The van der Waals surface area contributed by atoms with Crippen molar-refractivity contribution in [1.82, 2.24) is 9.80 Å². The zero-order valence-corrected chi connectivity index (χ0v) is 29.1. The van der Waals surface area contributed by atoms with Crippen LogP contribution >= 0.6 is 0 Å². The number of methoxy groups -OCH3 is 2. The van der Waals surface area contributed by atoms with Gasteiger partial charge < -0.3 is 34.5 Å². The summed E-state index contributed by atoms with van der Waals surface area (Å²) < 4.78 is 10.6. The number of phenolic OH excluding ortho intramolecular Hbond substituents is 2. The van der Waals surface area contributed by atoms with Crippen LogP contribution in [0.4, 0.5) is 0 Å². The second-order valence-corrected chi connectivity index (χ2v) is 14.9. The standard InChI is InChI=1S/C21H25NO5.C18H19NO4.CH4/c1-11(23)8-13-12-4-5-15(24)20(26)18(12)21-6-7-22(2)19(13)14(21)9-17(27-3)16(25)10-21;1-19-6-5-18-9-14(21)15(23-2)8-11(18)12(19)7-10-3-4-13(20)17(22)16(10)18;/h4-5,9,13-14,19,24,26H,6-8,10H2,1-3H3;3-4,7-8,11-12,22H,5-6,9H2,1-2H3;1H4/t13-,14?,19+,21-;11?,12-,18+;/m10./s1. The second-order valence-electron chi connectivity index (χ2n) is 14.9. The fourth-order valence-corrected chi connectivity index (χ4v) is 10.3. The van der Waals surface area contributed by atoms with Crippen molar-refractivity contribution >= 4 is 23.1 Å². The first-order chi connectivity index (χ1) is 23.8. The summed E-state index contributed by atoms with van der Waals surface area (Å²) >= 11 is 0. The summed E-state index contributed by atoms with van der Waals surface area (Å²) in [6.45, 7) is 3.15. The Bertz CT molecular complexity index is 1870. The van der Waals surface area contributed by atoms with E-state index in [1.165, 1.54) is 26.4 Å². The van der Waals surface area contributed by atoms with Crippen LogP contribution in [0.15, 0.2) is 70.9 Å². The maximum atomic E-state index is 12.7. The molecule has 4 bridgehead atoms. The molecule has 1 aromatic rings. The van der Waals surface area contributed by atoms with Gasteiger partial charge in [-0.2, -0.15) is 0 Å². The van der Waals surface area contributed by atoms with E-state index >= 15 is 0 Å². The lowest BCUT2D eigenvalue weighted by atomic mass is 9.50. The average Bonchev–Trinajstić information content (AvgIpc) is 3.07. The first kappa shape index (κ1) is 36.3. The van der Waals surface area contributed by atoms with Crippen molar-refractivity contribution in [3.05, 3.63) is 82.1 Å². The topological polar surface area (TPSA) is 154 Å². The number of piperidine rings is 2. The number of fused-ring (bicyclic) bond motifs is 2. The molecule has 11 heteroatoms. The van der Waals surface area contributed by atoms with Crippen molar-refractivity contribution in [2.24, 2.45) is 17.3 Å². The molecule has 8 rings (SSSR count). The highest BCUT2D eigenvalue weighted by Crippen LogP contribution is 2.61. The molecule has 2 aliphatic heterocycles. The van der Waals surface area contributed by atoms with Crippen LogP contribution in [0.5, 0.6) is 11.5 Å². The molecular weight excluding hydrogens is 652 g/mol. The number of likely N-dealkylation sites (tertiary alicyclic amines) is 2. The fraction of sp³-hybridized carbons (Fsp3) is 0.500. The molecule has 1 aromatic carbocycles. The van der Waals surface area contributed by atoms with Gasteiger partial charge in [0.15, 0.2) is 40.3 Å². The Hall–Kier alpha value is -4.48. The molecule has 272 valence electrons. The summed E-state index contributed by atoms with van der Waals surface area (Å²) in [7, 11) is 7.11. The number of carbonyl (C=O) groups is 4. The number of phenols is 2. The van der Waals surface area contributed by atoms with Crippen molar-refractivity contribution in [2.45, 2.75) is 69.9 Å². The Labute approximate surface area is 298 Å². The van der Waals surface area contributed by atoms with Gasteiger partial charge >= 0.3 is 0 Å².